The van der Waals surface area contributed by atoms with Crippen LogP contribution in [-0.2, 0) is 16.6 Å². The van der Waals surface area contributed by atoms with Crippen molar-refractivity contribution in [3.63, 3.8) is 0 Å². The van der Waals surface area contributed by atoms with Gasteiger partial charge in [-0.25, -0.2) is 13.1 Å². The molecule has 1 saturated heterocycles. The third kappa shape index (κ3) is 4.51. The zero-order valence-corrected chi connectivity index (χ0v) is 16.9. The molecule has 11 heteroatoms. The Morgan fingerprint density at radius 1 is 1.07 bits per heavy atom. The highest BCUT2D eigenvalue weighted by Gasteiger charge is 2.21. The van der Waals surface area contributed by atoms with Gasteiger partial charge in [0.1, 0.15) is 0 Å². The topological polar surface area (TPSA) is 116 Å². The number of rotatable bonds is 6. The second-order valence-electron chi connectivity index (χ2n) is 6.72. The van der Waals surface area contributed by atoms with Crippen molar-refractivity contribution in [2.75, 3.05) is 38.3 Å². The summed E-state index contributed by atoms with van der Waals surface area (Å²) >= 11 is 0. The monoisotopic (exact) mass is 421 g/mol. The standard InChI is InChI=1S/C18H23N5O5S/c1-26-18-21-16(20-17(22-18)23-7-2-3-8-23)12-19-29(24,25)13-5-6-14-15(11-13)28-10-4-9-27-14/h5-6,11,19H,2-4,7-10,12H2,1H3. The second kappa shape index (κ2) is 8.37. The Morgan fingerprint density at radius 2 is 1.83 bits per heavy atom. The fourth-order valence-electron chi connectivity index (χ4n) is 3.17. The van der Waals surface area contributed by atoms with E-state index in [1.807, 2.05) is 4.90 Å². The molecule has 1 fully saturated rings. The average Bonchev–Trinajstić information content (AvgIpc) is 3.17. The van der Waals surface area contributed by atoms with Crippen LogP contribution in [0.1, 0.15) is 25.1 Å². The van der Waals surface area contributed by atoms with E-state index < -0.39 is 10.0 Å². The molecule has 0 unspecified atom stereocenters. The molecule has 0 saturated carbocycles. The van der Waals surface area contributed by atoms with Gasteiger partial charge in [-0.2, -0.15) is 15.0 Å². The van der Waals surface area contributed by atoms with E-state index in [1.54, 1.807) is 6.07 Å². The van der Waals surface area contributed by atoms with Crippen LogP contribution in [0.15, 0.2) is 23.1 Å². The fraction of sp³-hybridized carbons (Fsp3) is 0.500. The van der Waals surface area contributed by atoms with Crippen LogP contribution in [0, 0.1) is 0 Å². The van der Waals surface area contributed by atoms with Crippen molar-refractivity contribution < 1.29 is 22.6 Å². The number of anilines is 1. The first kappa shape index (κ1) is 19.6. The van der Waals surface area contributed by atoms with Gasteiger partial charge in [0, 0.05) is 25.6 Å². The van der Waals surface area contributed by atoms with Gasteiger partial charge in [0.25, 0.3) is 0 Å². The maximum absolute atomic E-state index is 12.8. The minimum Gasteiger partial charge on any atom is -0.490 e. The minimum atomic E-state index is -3.80. The molecule has 2 aliphatic rings. The van der Waals surface area contributed by atoms with Crippen molar-refractivity contribution in [3.05, 3.63) is 24.0 Å². The van der Waals surface area contributed by atoms with E-state index in [1.165, 1.54) is 19.2 Å². The summed E-state index contributed by atoms with van der Waals surface area (Å²) in [6.45, 7) is 2.65. The Morgan fingerprint density at radius 3 is 2.59 bits per heavy atom. The normalized spacial score (nSPS) is 16.5. The van der Waals surface area contributed by atoms with Crippen molar-refractivity contribution in [2.24, 2.45) is 0 Å². The number of sulfonamides is 1. The summed E-state index contributed by atoms with van der Waals surface area (Å²) in [6, 6.07) is 4.71. The summed E-state index contributed by atoms with van der Waals surface area (Å²) in [6.07, 6.45) is 2.88. The molecule has 0 amide bonds. The number of fused-ring (bicyclic) bond motifs is 1. The summed E-state index contributed by atoms with van der Waals surface area (Å²) in [7, 11) is -2.33. The van der Waals surface area contributed by atoms with E-state index >= 15 is 0 Å². The number of ether oxygens (including phenoxy) is 3. The summed E-state index contributed by atoms with van der Waals surface area (Å²) in [4.78, 5) is 14.9. The average molecular weight is 421 g/mol. The third-order valence-corrected chi connectivity index (χ3v) is 6.07. The Bertz CT molecular complexity index is 979. The molecule has 4 rings (SSSR count). The molecule has 0 aliphatic carbocycles. The number of nitrogens with zero attached hydrogens (tertiary/aromatic N) is 4. The Labute approximate surface area is 169 Å². The predicted molar refractivity (Wildman–Crippen MR) is 104 cm³/mol. The Kier molecular flexibility index (Phi) is 5.67. The van der Waals surface area contributed by atoms with Crippen LogP contribution in [0.5, 0.6) is 17.5 Å². The van der Waals surface area contributed by atoms with Gasteiger partial charge in [-0.15, -0.1) is 0 Å². The van der Waals surface area contributed by atoms with Gasteiger partial charge in [0.05, 0.1) is 31.8 Å². The molecular formula is C18H23N5O5S. The molecule has 3 heterocycles. The molecule has 1 aromatic carbocycles. The van der Waals surface area contributed by atoms with E-state index in [-0.39, 0.29) is 23.3 Å². The lowest BCUT2D eigenvalue weighted by molar-refractivity contribution is 0.297. The van der Waals surface area contributed by atoms with Crippen molar-refractivity contribution in [1.82, 2.24) is 19.7 Å². The summed E-state index contributed by atoms with van der Waals surface area (Å²) < 4.78 is 44.3. The molecule has 0 radical (unpaired) electrons. The predicted octanol–water partition coefficient (Wildman–Crippen LogP) is 1.12. The SMILES string of the molecule is COc1nc(CNS(=O)(=O)c2ccc3c(c2)OCCCO3)nc(N2CCCC2)n1. The van der Waals surface area contributed by atoms with Crippen molar-refractivity contribution in [2.45, 2.75) is 30.7 Å². The first-order valence-corrected chi connectivity index (χ1v) is 11.0. The second-order valence-corrected chi connectivity index (χ2v) is 8.48. The van der Waals surface area contributed by atoms with E-state index in [9.17, 15) is 8.42 Å². The van der Waals surface area contributed by atoms with E-state index in [0.717, 1.165) is 32.4 Å². The number of hydrogen-bond acceptors (Lipinski definition) is 9. The Balaban J connectivity index is 1.52. The maximum Gasteiger partial charge on any atom is 0.321 e. The third-order valence-electron chi connectivity index (χ3n) is 4.67. The zero-order chi connectivity index (χ0) is 20.3. The smallest absolute Gasteiger partial charge is 0.321 e. The highest BCUT2D eigenvalue weighted by molar-refractivity contribution is 7.89. The number of methoxy groups -OCH3 is 1. The quantitative estimate of drug-likeness (QED) is 0.732. The van der Waals surface area contributed by atoms with Gasteiger partial charge in [-0.1, -0.05) is 0 Å². The van der Waals surface area contributed by atoms with Crippen molar-refractivity contribution in [3.8, 4) is 17.5 Å². The molecule has 1 N–H and O–H groups in total. The Hall–Kier alpha value is -2.66. The summed E-state index contributed by atoms with van der Waals surface area (Å²) in [5.74, 6) is 1.75. The van der Waals surface area contributed by atoms with Crippen LogP contribution in [0.2, 0.25) is 0 Å². The van der Waals surface area contributed by atoms with E-state index in [2.05, 4.69) is 19.7 Å². The molecule has 0 spiro atoms. The number of aromatic nitrogens is 3. The number of nitrogens with one attached hydrogen (secondary N) is 1. The van der Waals surface area contributed by atoms with Gasteiger partial charge >= 0.3 is 6.01 Å². The molecule has 10 nitrogen and oxygen atoms in total. The van der Waals surface area contributed by atoms with Gasteiger partial charge in [-0.3, -0.25) is 0 Å². The van der Waals surface area contributed by atoms with Crippen molar-refractivity contribution >= 4 is 16.0 Å². The van der Waals surface area contributed by atoms with E-state index in [0.29, 0.717) is 30.7 Å². The molecule has 0 bridgehead atoms. The summed E-state index contributed by atoms with van der Waals surface area (Å²) in [5.41, 5.74) is 0. The highest BCUT2D eigenvalue weighted by Crippen LogP contribution is 2.31. The number of benzene rings is 1. The van der Waals surface area contributed by atoms with Crippen LogP contribution in [0.4, 0.5) is 5.95 Å². The van der Waals surface area contributed by atoms with Gasteiger partial charge in [0.2, 0.25) is 16.0 Å². The lowest BCUT2D eigenvalue weighted by Gasteiger charge is -2.16. The van der Waals surface area contributed by atoms with E-state index in [4.69, 9.17) is 14.2 Å². The number of hydrogen-bond donors (Lipinski definition) is 1. The van der Waals surface area contributed by atoms with Crippen LogP contribution in [-0.4, -0.2) is 56.8 Å². The first-order valence-electron chi connectivity index (χ1n) is 9.48. The molecule has 2 aliphatic heterocycles. The molecule has 2 aromatic rings. The maximum atomic E-state index is 12.8. The fourth-order valence-corrected chi connectivity index (χ4v) is 4.16. The van der Waals surface area contributed by atoms with Gasteiger partial charge in [0.15, 0.2) is 17.3 Å². The van der Waals surface area contributed by atoms with Crippen LogP contribution < -0.4 is 23.8 Å². The first-order chi connectivity index (χ1) is 14.0. The summed E-state index contributed by atoms with van der Waals surface area (Å²) in [5, 5.41) is 0. The van der Waals surface area contributed by atoms with Crippen LogP contribution in [0.25, 0.3) is 0 Å². The lowest BCUT2D eigenvalue weighted by atomic mass is 10.3. The van der Waals surface area contributed by atoms with Gasteiger partial charge < -0.3 is 19.1 Å². The minimum absolute atomic E-state index is 0.0857. The molecular weight excluding hydrogens is 398 g/mol. The van der Waals surface area contributed by atoms with Gasteiger partial charge in [-0.05, 0) is 25.0 Å². The lowest BCUT2D eigenvalue weighted by Crippen LogP contribution is -2.26. The van der Waals surface area contributed by atoms with Crippen LogP contribution in [0.3, 0.4) is 0 Å². The van der Waals surface area contributed by atoms with Crippen LogP contribution >= 0.6 is 0 Å². The zero-order valence-electron chi connectivity index (χ0n) is 16.1. The molecule has 0 atom stereocenters. The largest absolute Gasteiger partial charge is 0.490 e. The van der Waals surface area contributed by atoms with Crippen molar-refractivity contribution in [1.29, 1.82) is 0 Å². The molecule has 156 valence electrons. The molecule has 29 heavy (non-hydrogen) atoms. The molecule has 1 aromatic heterocycles. The highest BCUT2D eigenvalue weighted by atomic mass is 32.2.